The van der Waals surface area contributed by atoms with Gasteiger partial charge in [-0.15, -0.1) is 0 Å². The molecule has 0 unspecified atom stereocenters. The molecule has 6 nitrogen and oxygen atoms in total. The van der Waals surface area contributed by atoms with Crippen molar-refractivity contribution in [3.05, 3.63) is 17.5 Å². The highest BCUT2D eigenvalue weighted by atomic mass is 16.3. The minimum atomic E-state index is -0.226. The fourth-order valence-electron chi connectivity index (χ4n) is 4.02. The molecular formula is C15H22N4O2. The fourth-order valence-corrected chi connectivity index (χ4v) is 4.02. The number of hydrogen-bond acceptors (Lipinski definition) is 4. The van der Waals surface area contributed by atoms with Gasteiger partial charge >= 0.3 is 0 Å². The smallest absolute Gasteiger partial charge is 0.274 e. The van der Waals surface area contributed by atoms with Crippen LogP contribution in [0.5, 0.6) is 0 Å². The lowest BCUT2D eigenvalue weighted by Crippen LogP contribution is -2.42. The van der Waals surface area contributed by atoms with Crippen molar-refractivity contribution in [1.29, 1.82) is 0 Å². The van der Waals surface area contributed by atoms with E-state index in [0.717, 1.165) is 51.1 Å². The summed E-state index contributed by atoms with van der Waals surface area (Å²) < 4.78 is 1.96. The van der Waals surface area contributed by atoms with Crippen molar-refractivity contribution in [2.75, 3.05) is 19.6 Å². The van der Waals surface area contributed by atoms with Crippen LogP contribution in [0.1, 0.15) is 35.4 Å². The number of aromatic nitrogens is 2. The van der Waals surface area contributed by atoms with Gasteiger partial charge < -0.3 is 15.3 Å². The van der Waals surface area contributed by atoms with Crippen molar-refractivity contribution < 1.29 is 9.90 Å². The average molecular weight is 290 g/mol. The number of hydrogen-bond donors (Lipinski definition) is 2. The summed E-state index contributed by atoms with van der Waals surface area (Å²) in [5.41, 5.74) is 1.65. The normalized spacial score (nSPS) is 31.9. The number of piperidine rings is 1. The summed E-state index contributed by atoms with van der Waals surface area (Å²) in [5, 5.41) is 17.8. The maximum atomic E-state index is 12.7. The van der Waals surface area contributed by atoms with E-state index < -0.39 is 0 Å². The third-order valence-corrected chi connectivity index (χ3v) is 5.09. The van der Waals surface area contributed by atoms with Crippen LogP contribution < -0.4 is 5.32 Å². The zero-order valence-electron chi connectivity index (χ0n) is 12.2. The van der Waals surface area contributed by atoms with E-state index in [1.54, 1.807) is 0 Å². The van der Waals surface area contributed by atoms with E-state index in [4.69, 9.17) is 0 Å². The molecule has 6 heteroatoms. The highest BCUT2D eigenvalue weighted by Gasteiger charge is 2.41. The first-order chi connectivity index (χ1) is 10.2. The Labute approximate surface area is 124 Å². The highest BCUT2D eigenvalue weighted by molar-refractivity contribution is 5.92. The molecule has 21 heavy (non-hydrogen) atoms. The number of fused-ring (bicyclic) bond motifs is 3. The van der Waals surface area contributed by atoms with Gasteiger partial charge in [0.15, 0.2) is 5.69 Å². The Balaban J connectivity index is 1.53. The van der Waals surface area contributed by atoms with Crippen molar-refractivity contribution >= 4 is 5.91 Å². The Bertz CT molecular complexity index is 530. The Morgan fingerprint density at radius 1 is 1.38 bits per heavy atom. The predicted octanol–water partition coefficient (Wildman–Crippen LogP) is 0.219. The zero-order chi connectivity index (χ0) is 14.4. The second kappa shape index (κ2) is 5.10. The van der Waals surface area contributed by atoms with E-state index in [1.807, 2.05) is 15.6 Å². The van der Waals surface area contributed by atoms with Crippen LogP contribution >= 0.6 is 0 Å². The Kier molecular flexibility index (Phi) is 3.23. The number of aliphatic hydroxyl groups excluding tert-OH is 1. The fraction of sp³-hybridized carbons (Fsp3) is 0.733. The molecule has 1 aliphatic carbocycles. The van der Waals surface area contributed by atoms with Crippen LogP contribution in [0.2, 0.25) is 0 Å². The van der Waals surface area contributed by atoms with Crippen LogP contribution in [0, 0.1) is 11.8 Å². The van der Waals surface area contributed by atoms with Gasteiger partial charge in [0.2, 0.25) is 0 Å². The van der Waals surface area contributed by atoms with Crippen molar-refractivity contribution in [2.24, 2.45) is 11.8 Å². The number of likely N-dealkylation sites (tertiary alicyclic amines) is 1. The Hall–Kier alpha value is -1.40. The molecule has 1 amide bonds. The lowest BCUT2D eigenvalue weighted by molar-refractivity contribution is 0.0598. The summed E-state index contributed by atoms with van der Waals surface area (Å²) in [7, 11) is 0. The summed E-state index contributed by atoms with van der Waals surface area (Å²) in [5.74, 6) is 0.749. The Morgan fingerprint density at radius 2 is 2.29 bits per heavy atom. The molecule has 1 saturated carbocycles. The van der Waals surface area contributed by atoms with E-state index in [0.29, 0.717) is 18.2 Å². The van der Waals surface area contributed by atoms with Crippen molar-refractivity contribution in [3.8, 4) is 0 Å². The molecule has 4 rings (SSSR count). The van der Waals surface area contributed by atoms with Gasteiger partial charge in [-0.1, -0.05) is 0 Å². The van der Waals surface area contributed by atoms with Crippen molar-refractivity contribution in [2.45, 2.75) is 38.5 Å². The lowest BCUT2D eigenvalue weighted by Gasteiger charge is -2.31. The number of nitrogens with one attached hydrogen (secondary N) is 1. The predicted molar refractivity (Wildman–Crippen MR) is 76.7 cm³/mol. The van der Waals surface area contributed by atoms with Gasteiger partial charge in [-0.05, 0) is 37.8 Å². The standard InChI is InChI=1S/C15H22N4O2/c20-14-5-10-4-11(14)9-18(8-10)15(21)13-6-12-7-16-2-1-3-19(12)17-13/h6,10-11,14,16,20H,1-5,7-9H2/t10-,11-,14-/m1/s1. The topological polar surface area (TPSA) is 70.4 Å². The second-order valence-corrected chi connectivity index (χ2v) is 6.65. The summed E-state index contributed by atoms with van der Waals surface area (Å²) in [6.07, 6.45) is 2.73. The summed E-state index contributed by atoms with van der Waals surface area (Å²) >= 11 is 0. The second-order valence-electron chi connectivity index (χ2n) is 6.65. The summed E-state index contributed by atoms with van der Waals surface area (Å²) in [6.45, 7) is 4.10. The van der Waals surface area contributed by atoms with Gasteiger partial charge in [-0.25, -0.2) is 0 Å². The monoisotopic (exact) mass is 290 g/mol. The van der Waals surface area contributed by atoms with Gasteiger partial charge in [0, 0.05) is 32.1 Å². The molecule has 3 atom stereocenters. The van der Waals surface area contributed by atoms with Crippen LogP contribution in [0.4, 0.5) is 0 Å². The molecule has 0 spiro atoms. The van der Waals surface area contributed by atoms with E-state index in [9.17, 15) is 9.90 Å². The molecule has 2 N–H and O–H groups in total. The minimum absolute atomic E-state index is 0.0272. The molecule has 1 aromatic heterocycles. The number of aliphatic hydroxyl groups is 1. The minimum Gasteiger partial charge on any atom is -0.393 e. The molecule has 2 bridgehead atoms. The van der Waals surface area contributed by atoms with Crippen LogP contribution in [0.3, 0.4) is 0 Å². The molecule has 1 aromatic rings. The third kappa shape index (κ3) is 2.36. The van der Waals surface area contributed by atoms with Crippen molar-refractivity contribution in [3.63, 3.8) is 0 Å². The lowest BCUT2D eigenvalue weighted by atomic mass is 9.98. The molecule has 0 aromatic carbocycles. The third-order valence-electron chi connectivity index (χ3n) is 5.09. The molecular weight excluding hydrogens is 268 g/mol. The van der Waals surface area contributed by atoms with E-state index >= 15 is 0 Å². The van der Waals surface area contributed by atoms with Gasteiger partial charge in [0.1, 0.15) is 0 Å². The quantitative estimate of drug-likeness (QED) is 0.776. The number of amides is 1. The molecule has 114 valence electrons. The van der Waals surface area contributed by atoms with Gasteiger partial charge in [0.25, 0.3) is 5.91 Å². The molecule has 3 aliphatic rings. The number of aryl methyl sites for hydroxylation is 1. The SMILES string of the molecule is O=C(c1cc2n(n1)CCCNC2)N1C[C@@H]2C[C@H](C1)[C@H](O)C2. The van der Waals surface area contributed by atoms with Crippen LogP contribution in [-0.2, 0) is 13.1 Å². The Morgan fingerprint density at radius 3 is 3.14 bits per heavy atom. The van der Waals surface area contributed by atoms with E-state index in [2.05, 4.69) is 10.4 Å². The highest BCUT2D eigenvalue weighted by Crippen LogP contribution is 2.37. The van der Waals surface area contributed by atoms with Crippen LogP contribution in [0.25, 0.3) is 0 Å². The number of carbonyl (C=O) groups is 1. The first kappa shape index (κ1) is 13.3. The van der Waals surface area contributed by atoms with Crippen LogP contribution in [-0.4, -0.2) is 51.4 Å². The average Bonchev–Trinajstić information content (AvgIpc) is 2.90. The molecule has 3 heterocycles. The zero-order valence-corrected chi connectivity index (χ0v) is 12.2. The maximum Gasteiger partial charge on any atom is 0.274 e. The van der Waals surface area contributed by atoms with Gasteiger partial charge in [-0.2, -0.15) is 5.10 Å². The molecule has 2 fully saturated rings. The van der Waals surface area contributed by atoms with E-state index in [1.165, 1.54) is 0 Å². The molecule has 1 saturated heterocycles. The summed E-state index contributed by atoms with van der Waals surface area (Å²) in [4.78, 5) is 14.6. The van der Waals surface area contributed by atoms with Crippen molar-refractivity contribution in [1.82, 2.24) is 20.0 Å². The molecule has 2 aliphatic heterocycles. The summed E-state index contributed by atoms with van der Waals surface area (Å²) in [6, 6.07) is 1.92. The number of carbonyl (C=O) groups excluding carboxylic acids is 1. The van der Waals surface area contributed by atoms with Gasteiger partial charge in [0.05, 0.1) is 11.8 Å². The maximum absolute atomic E-state index is 12.7. The number of rotatable bonds is 1. The molecule has 0 radical (unpaired) electrons. The first-order valence-electron chi connectivity index (χ1n) is 7.95. The number of nitrogens with zero attached hydrogens (tertiary/aromatic N) is 3. The van der Waals surface area contributed by atoms with Gasteiger partial charge in [-0.3, -0.25) is 9.48 Å². The first-order valence-corrected chi connectivity index (χ1v) is 7.95. The van der Waals surface area contributed by atoms with E-state index in [-0.39, 0.29) is 17.9 Å². The largest absolute Gasteiger partial charge is 0.393 e. The van der Waals surface area contributed by atoms with Crippen LogP contribution in [0.15, 0.2) is 6.07 Å².